The fraction of sp³-hybridized carbons (Fsp3) is 0.542. The summed E-state index contributed by atoms with van der Waals surface area (Å²) >= 11 is 0. The molecule has 0 radical (unpaired) electrons. The number of nitrogens with one attached hydrogen (secondary N) is 2. The maximum Gasteiger partial charge on any atom is 0.254 e. The van der Waals surface area contributed by atoms with Crippen LogP contribution in [0.25, 0.3) is 10.9 Å². The lowest BCUT2D eigenvalue weighted by atomic mass is 10.0. The molecule has 0 saturated carbocycles. The first kappa shape index (κ1) is 25.9. The summed E-state index contributed by atoms with van der Waals surface area (Å²) in [6.07, 6.45) is 2.45. The third-order valence-electron chi connectivity index (χ3n) is 5.96. The van der Waals surface area contributed by atoms with E-state index in [1.807, 2.05) is 43.0 Å². The second kappa shape index (κ2) is 11.5. The van der Waals surface area contributed by atoms with Crippen LogP contribution in [0.15, 0.2) is 29.1 Å². The van der Waals surface area contributed by atoms with Gasteiger partial charge in [0, 0.05) is 49.3 Å². The number of benzene rings is 1. The molecule has 2 aromatic rings. The van der Waals surface area contributed by atoms with Crippen molar-refractivity contribution in [1.29, 1.82) is 0 Å². The van der Waals surface area contributed by atoms with E-state index in [-0.39, 0.29) is 41.9 Å². The summed E-state index contributed by atoms with van der Waals surface area (Å²) in [7, 11) is 0. The Balaban J connectivity index is 0.00000363. The van der Waals surface area contributed by atoms with Crippen molar-refractivity contribution in [2.24, 2.45) is 0 Å². The number of fused-ring (bicyclic) bond motifs is 1. The summed E-state index contributed by atoms with van der Waals surface area (Å²) in [5, 5.41) is 7.13. The Morgan fingerprint density at radius 1 is 1.28 bits per heavy atom. The zero-order valence-electron chi connectivity index (χ0n) is 19.4. The lowest BCUT2D eigenvalue weighted by molar-refractivity contribution is -0.120. The van der Waals surface area contributed by atoms with Crippen molar-refractivity contribution in [3.8, 4) is 0 Å². The minimum Gasteiger partial charge on any atom is -0.354 e. The van der Waals surface area contributed by atoms with Gasteiger partial charge in [-0.25, -0.2) is 0 Å². The van der Waals surface area contributed by atoms with Gasteiger partial charge in [0.1, 0.15) is 0 Å². The topological polar surface area (TPSA) is 83.4 Å². The van der Waals surface area contributed by atoms with Crippen LogP contribution < -0.4 is 16.2 Å². The molecule has 0 spiro atoms. The third-order valence-corrected chi connectivity index (χ3v) is 5.96. The first-order valence-corrected chi connectivity index (χ1v) is 11.3. The highest BCUT2D eigenvalue weighted by atomic mass is 35.5. The molecule has 8 heteroatoms. The van der Waals surface area contributed by atoms with Gasteiger partial charge in [-0.2, -0.15) is 0 Å². The first-order valence-electron chi connectivity index (χ1n) is 11.3. The molecule has 1 fully saturated rings. The molecule has 1 aromatic heterocycles. The fourth-order valence-corrected chi connectivity index (χ4v) is 4.35. The van der Waals surface area contributed by atoms with Crippen LogP contribution in [0, 0.1) is 6.92 Å². The number of carbonyl (C=O) groups is 2. The van der Waals surface area contributed by atoms with E-state index < -0.39 is 0 Å². The maximum absolute atomic E-state index is 13.5. The van der Waals surface area contributed by atoms with Gasteiger partial charge in [-0.15, -0.1) is 12.4 Å². The fourth-order valence-electron chi connectivity index (χ4n) is 4.35. The number of pyridine rings is 1. The Hall–Kier alpha value is -2.38. The Morgan fingerprint density at radius 3 is 2.66 bits per heavy atom. The zero-order valence-corrected chi connectivity index (χ0v) is 20.3. The molecular weight excluding hydrogens is 428 g/mol. The van der Waals surface area contributed by atoms with E-state index in [0.717, 1.165) is 36.8 Å². The quantitative estimate of drug-likeness (QED) is 0.662. The van der Waals surface area contributed by atoms with Gasteiger partial charge in [0.2, 0.25) is 5.91 Å². The minimum absolute atomic E-state index is 0. The number of amides is 2. The molecule has 1 aromatic carbocycles. The molecule has 0 unspecified atom stereocenters. The highest BCUT2D eigenvalue weighted by Gasteiger charge is 2.28. The largest absolute Gasteiger partial charge is 0.354 e. The summed E-state index contributed by atoms with van der Waals surface area (Å²) < 4.78 is 1.67. The van der Waals surface area contributed by atoms with E-state index in [0.29, 0.717) is 30.6 Å². The molecule has 1 aliphatic heterocycles. The smallest absolute Gasteiger partial charge is 0.254 e. The Morgan fingerprint density at radius 2 is 2.03 bits per heavy atom. The number of carbonyl (C=O) groups excluding carboxylic acids is 2. The second-order valence-electron chi connectivity index (χ2n) is 8.57. The predicted molar refractivity (Wildman–Crippen MR) is 131 cm³/mol. The van der Waals surface area contributed by atoms with Gasteiger partial charge in [-0.1, -0.05) is 13.0 Å². The molecule has 2 amide bonds. The molecule has 1 saturated heterocycles. The highest BCUT2D eigenvalue weighted by molar-refractivity contribution is 5.98. The molecule has 1 atom stereocenters. The van der Waals surface area contributed by atoms with Gasteiger partial charge in [-0.05, 0) is 63.7 Å². The monoisotopic (exact) mass is 462 g/mol. The van der Waals surface area contributed by atoms with Crippen molar-refractivity contribution in [3.05, 3.63) is 45.7 Å². The van der Waals surface area contributed by atoms with Gasteiger partial charge >= 0.3 is 0 Å². The normalized spacial score (nSPS) is 16.0. The Kier molecular flexibility index (Phi) is 9.28. The van der Waals surface area contributed by atoms with E-state index in [1.54, 1.807) is 18.4 Å². The van der Waals surface area contributed by atoms with E-state index in [4.69, 9.17) is 0 Å². The van der Waals surface area contributed by atoms with Crippen molar-refractivity contribution in [1.82, 2.24) is 20.1 Å². The van der Waals surface area contributed by atoms with Crippen LogP contribution in [0.4, 0.5) is 0 Å². The Labute approximate surface area is 196 Å². The van der Waals surface area contributed by atoms with Crippen molar-refractivity contribution >= 4 is 35.1 Å². The van der Waals surface area contributed by atoms with E-state index in [9.17, 15) is 14.4 Å². The molecule has 176 valence electrons. The van der Waals surface area contributed by atoms with Crippen molar-refractivity contribution in [2.45, 2.75) is 65.6 Å². The van der Waals surface area contributed by atoms with Crippen LogP contribution >= 0.6 is 12.4 Å². The lowest BCUT2D eigenvalue weighted by Crippen LogP contribution is -2.51. The number of piperidine rings is 1. The van der Waals surface area contributed by atoms with Gasteiger partial charge in [0.05, 0.1) is 5.52 Å². The number of hydrogen-bond acceptors (Lipinski definition) is 4. The zero-order chi connectivity index (χ0) is 22.5. The standard InChI is InChI=1S/C24H34N4O3.ClH/c1-5-22(29)26-11-12-27-21-14-19(9-8-18(21)13-17(4)23(27)30)24(31)28(16(2)3)20-7-6-10-25-15-20;/h8-9,13-14,16,20,25H,5-7,10-12,15H2,1-4H3,(H,26,29);1H/t20-;/m1./s1. The van der Waals surface area contributed by atoms with E-state index >= 15 is 0 Å². The molecule has 0 bridgehead atoms. The lowest BCUT2D eigenvalue weighted by Gasteiger charge is -2.37. The van der Waals surface area contributed by atoms with E-state index in [2.05, 4.69) is 10.6 Å². The third kappa shape index (κ3) is 5.70. The molecule has 1 aliphatic rings. The van der Waals surface area contributed by atoms with Gasteiger partial charge in [0.15, 0.2) is 0 Å². The second-order valence-corrected chi connectivity index (χ2v) is 8.57. The number of aryl methyl sites for hydroxylation is 1. The summed E-state index contributed by atoms with van der Waals surface area (Å²) in [6, 6.07) is 7.69. The maximum atomic E-state index is 13.5. The summed E-state index contributed by atoms with van der Waals surface area (Å²) in [5.74, 6) is -0.0565. The molecule has 2 heterocycles. The van der Waals surface area contributed by atoms with E-state index in [1.165, 1.54) is 0 Å². The average molecular weight is 463 g/mol. The van der Waals surface area contributed by atoms with Gasteiger partial charge in [-0.3, -0.25) is 14.4 Å². The SMILES string of the molecule is CCC(=O)NCCn1c(=O)c(C)cc2ccc(C(=O)N(C(C)C)[C@@H]3CCCNC3)cc21.Cl. The van der Waals surface area contributed by atoms with Gasteiger partial charge < -0.3 is 20.1 Å². The van der Waals surface area contributed by atoms with Crippen LogP contribution in [-0.4, -0.2) is 53.0 Å². The van der Waals surface area contributed by atoms with Crippen LogP contribution in [0.1, 0.15) is 56.0 Å². The average Bonchev–Trinajstić information content (AvgIpc) is 2.76. The Bertz CT molecular complexity index is 1010. The van der Waals surface area contributed by atoms with Crippen molar-refractivity contribution < 1.29 is 9.59 Å². The summed E-state index contributed by atoms with van der Waals surface area (Å²) in [6.45, 7) is 10.2. The van der Waals surface area contributed by atoms with Crippen LogP contribution in [-0.2, 0) is 11.3 Å². The summed E-state index contributed by atoms with van der Waals surface area (Å²) in [5.41, 5.74) is 1.85. The number of aromatic nitrogens is 1. The number of rotatable bonds is 7. The number of nitrogens with zero attached hydrogens (tertiary/aromatic N) is 2. The summed E-state index contributed by atoms with van der Waals surface area (Å²) in [4.78, 5) is 39.9. The molecule has 3 rings (SSSR count). The van der Waals surface area contributed by atoms with Crippen molar-refractivity contribution in [3.63, 3.8) is 0 Å². The molecular formula is C24H35ClN4O3. The van der Waals surface area contributed by atoms with Crippen molar-refractivity contribution in [2.75, 3.05) is 19.6 Å². The van der Waals surface area contributed by atoms with Crippen LogP contribution in [0.5, 0.6) is 0 Å². The predicted octanol–water partition coefficient (Wildman–Crippen LogP) is 2.86. The first-order chi connectivity index (χ1) is 14.8. The minimum atomic E-state index is -0.0972. The molecule has 2 N–H and O–H groups in total. The number of halogens is 1. The van der Waals surface area contributed by atoms with Crippen LogP contribution in [0.3, 0.4) is 0 Å². The van der Waals surface area contributed by atoms with Crippen LogP contribution in [0.2, 0.25) is 0 Å². The highest BCUT2D eigenvalue weighted by Crippen LogP contribution is 2.21. The molecule has 32 heavy (non-hydrogen) atoms. The molecule has 7 nitrogen and oxygen atoms in total. The van der Waals surface area contributed by atoms with Gasteiger partial charge in [0.25, 0.3) is 11.5 Å². The molecule has 0 aliphatic carbocycles. The number of hydrogen-bond donors (Lipinski definition) is 2.